The normalized spacial score (nSPS) is 12.4. The van der Waals surface area contributed by atoms with Crippen LogP contribution in [0.2, 0.25) is 5.02 Å². The molecular weight excluding hydrogens is 500 g/mol. The Hall–Kier alpha value is -3.92. The van der Waals surface area contributed by atoms with Crippen LogP contribution in [0, 0.1) is 5.82 Å². The van der Waals surface area contributed by atoms with Crippen LogP contribution in [0.15, 0.2) is 71.5 Å². The first-order valence-corrected chi connectivity index (χ1v) is 11.0. The number of nitrogens with one attached hydrogen (secondary N) is 1. The molecule has 1 atom stereocenters. The Morgan fingerprint density at radius 3 is 2.42 bits per heavy atom. The van der Waals surface area contributed by atoms with E-state index in [1.807, 2.05) is 0 Å². The summed E-state index contributed by atoms with van der Waals surface area (Å²) in [6.07, 6.45) is -4.70. The van der Waals surface area contributed by atoms with Crippen LogP contribution in [0.4, 0.5) is 28.0 Å². The van der Waals surface area contributed by atoms with Crippen LogP contribution >= 0.6 is 11.6 Å². The van der Waals surface area contributed by atoms with E-state index in [4.69, 9.17) is 11.6 Å². The maximum absolute atomic E-state index is 13.5. The average Bonchev–Trinajstić information content (AvgIpc) is 2.84. The number of urea groups is 1. The number of alkyl halides is 3. The topological polar surface area (TPSA) is 67.2 Å². The summed E-state index contributed by atoms with van der Waals surface area (Å²) in [4.78, 5) is 32.1. The first kappa shape index (κ1) is 25.2. The Balaban J connectivity index is 1.73. The second kappa shape index (κ2) is 9.62. The van der Waals surface area contributed by atoms with Gasteiger partial charge in [-0.15, -0.1) is 0 Å². The zero-order valence-electron chi connectivity index (χ0n) is 19.0. The molecule has 0 aliphatic heterocycles. The van der Waals surface area contributed by atoms with Crippen LogP contribution < -0.4 is 10.9 Å². The molecule has 1 aromatic heterocycles. The highest BCUT2D eigenvalue weighted by Gasteiger charge is 2.33. The van der Waals surface area contributed by atoms with Crippen molar-refractivity contribution in [2.24, 2.45) is 0 Å². The summed E-state index contributed by atoms with van der Waals surface area (Å²) in [7, 11) is 1.41. The minimum atomic E-state index is -4.70. The number of para-hydroxylation sites is 1. The molecule has 0 bridgehead atoms. The monoisotopic (exact) mass is 518 g/mol. The number of halogens is 5. The molecule has 0 radical (unpaired) electrons. The molecular formula is C25H19ClF4N4O2. The summed E-state index contributed by atoms with van der Waals surface area (Å²) >= 11 is 5.65. The molecule has 0 saturated heterocycles. The van der Waals surface area contributed by atoms with E-state index in [1.165, 1.54) is 46.8 Å². The first-order valence-electron chi connectivity index (χ1n) is 10.7. The molecule has 4 rings (SSSR count). The number of rotatable bonds is 4. The molecule has 1 unspecified atom stereocenters. The van der Waals surface area contributed by atoms with E-state index in [0.29, 0.717) is 16.6 Å². The quantitative estimate of drug-likeness (QED) is 0.317. The van der Waals surface area contributed by atoms with Gasteiger partial charge in [0.05, 0.1) is 33.2 Å². The van der Waals surface area contributed by atoms with E-state index in [9.17, 15) is 27.2 Å². The van der Waals surface area contributed by atoms with E-state index in [0.717, 1.165) is 12.1 Å². The lowest BCUT2D eigenvalue weighted by atomic mass is 10.2. The number of benzene rings is 3. The molecule has 36 heavy (non-hydrogen) atoms. The molecule has 4 aromatic rings. The third-order valence-electron chi connectivity index (χ3n) is 5.68. The Labute approximate surface area is 207 Å². The van der Waals surface area contributed by atoms with Crippen molar-refractivity contribution in [2.75, 3.05) is 12.4 Å². The van der Waals surface area contributed by atoms with Gasteiger partial charge in [-0.3, -0.25) is 9.36 Å². The highest BCUT2D eigenvalue weighted by Crippen LogP contribution is 2.36. The number of hydrogen-bond acceptors (Lipinski definition) is 3. The SMILES string of the molecule is CC(c1nc2ccccc2c(=O)n1-c1ccc(F)cc1)N(C)C(=O)Nc1ccc(Cl)c(C(F)(F)F)c1. The summed E-state index contributed by atoms with van der Waals surface area (Å²) in [6, 6.07) is 13.3. The van der Waals surface area contributed by atoms with E-state index in [1.54, 1.807) is 31.2 Å². The van der Waals surface area contributed by atoms with E-state index in [2.05, 4.69) is 10.3 Å². The van der Waals surface area contributed by atoms with Gasteiger partial charge in [0.15, 0.2) is 0 Å². The Morgan fingerprint density at radius 2 is 1.75 bits per heavy atom. The minimum absolute atomic E-state index is 0.113. The smallest absolute Gasteiger partial charge is 0.318 e. The van der Waals surface area contributed by atoms with Crippen LogP contribution in [-0.4, -0.2) is 27.5 Å². The fourth-order valence-corrected chi connectivity index (χ4v) is 3.88. The lowest BCUT2D eigenvalue weighted by Crippen LogP contribution is -2.37. The van der Waals surface area contributed by atoms with Gasteiger partial charge in [-0.25, -0.2) is 14.2 Å². The van der Waals surface area contributed by atoms with Crippen LogP contribution in [0.1, 0.15) is 24.4 Å². The van der Waals surface area contributed by atoms with Crippen molar-refractivity contribution in [3.8, 4) is 5.69 Å². The molecule has 0 fully saturated rings. The fraction of sp³-hybridized carbons (Fsp3) is 0.160. The standard InChI is InChI=1S/C25H19ClF4N4O2/c1-14(33(2)24(36)31-16-9-12-20(26)19(13-16)25(28,29)30)22-32-21-6-4-3-5-18(21)23(35)34(22)17-10-7-15(27)8-11-17/h3-14H,1-2H3,(H,31,36). The molecule has 0 saturated carbocycles. The number of amides is 2. The third kappa shape index (κ3) is 4.90. The average molecular weight is 519 g/mol. The summed E-state index contributed by atoms with van der Waals surface area (Å²) in [5.41, 5.74) is -0.889. The Morgan fingerprint density at radius 1 is 1.08 bits per heavy atom. The number of carbonyl (C=O) groups excluding carboxylic acids is 1. The van der Waals surface area contributed by atoms with Gasteiger partial charge in [-0.2, -0.15) is 13.2 Å². The predicted octanol–water partition coefficient (Wildman–Crippen LogP) is 6.42. The maximum Gasteiger partial charge on any atom is 0.417 e. The fourth-order valence-electron chi connectivity index (χ4n) is 3.65. The molecule has 1 N–H and O–H groups in total. The highest BCUT2D eigenvalue weighted by molar-refractivity contribution is 6.31. The van der Waals surface area contributed by atoms with Gasteiger partial charge in [0, 0.05) is 12.7 Å². The van der Waals surface area contributed by atoms with Gasteiger partial charge in [0.2, 0.25) is 0 Å². The lowest BCUT2D eigenvalue weighted by Gasteiger charge is -2.27. The number of hydrogen-bond donors (Lipinski definition) is 1. The second-order valence-corrected chi connectivity index (χ2v) is 8.42. The van der Waals surface area contributed by atoms with Crippen molar-refractivity contribution in [1.29, 1.82) is 0 Å². The van der Waals surface area contributed by atoms with Gasteiger partial charge in [-0.05, 0) is 61.5 Å². The zero-order valence-corrected chi connectivity index (χ0v) is 19.7. The largest absolute Gasteiger partial charge is 0.417 e. The van der Waals surface area contributed by atoms with Gasteiger partial charge < -0.3 is 10.2 Å². The number of fused-ring (bicyclic) bond motifs is 1. The molecule has 0 spiro atoms. The van der Waals surface area contributed by atoms with Gasteiger partial charge in [0.1, 0.15) is 11.6 Å². The molecule has 2 amide bonds. The van der Waals surface area contributed by atoms with Crippen molar-refractivity contribution in [3.05, 3.63) is 99.3 Å². The molecule has 1 heterocycles. The van der Waals surface area contributed by atoms with Crippen LogP contribution in [0.25, 0.3) is 16.6 Å². The maximum atomic E-state index is 13.5. The predicted molar refractivity (Wildman–Crippen MR) is 129 cm³/mol. The van der Waals surface area contributed by atoms with Gasteiger partial charge >= 0.3 is 12.2 Å². The zero-order chi connectivity index (χ0) is 26.2. The van der Waals surface area contributed by atoms with Gasteiger partial charge in [-0.1, -0.05) is 23.7 Å². The Bertz CT molecular complexity index is 1500. The highest BCUT2D eigenvalue weighted by atomic mass is 35.5. The third-order valence-corrected chi connectivity index (χ3v) is 6.01. The summed E-state index contributed by atoms with van der Waals surface area (Å²) in [5, 5.41) is 2.24. The molecule has 3 aromatic carbocycles. The minimum Gasteiger partial charge on any atom is -0.318 e. The summed E-state index contributed by atoms with van der Waals surface area (Å²) < 4.78 is 54.4. The van der Waals surface area contributed by atoms with Crippen molar-refractivity contribution in [3.63, 3.8) is 0 Å². The molecule has 0 aliphatic carbocycles. The number of carbonyl (C=O) groups is 1. The first-order chi connectivity index (χ1) is 17.0. The molecule has 6 nitrogen and oxygen atoms in total. The van der Waals surface area contributed by atoms with E-state index in [-0.39, 0.29) is 11.5 Å². The molecule has 186 valence electrons. The van der Waals surface area contributed by atoms with Crippen molar-refractivity contribution >= 4 is 34.2 Å². The number of nitrogens with zero attached hydrogens (tertiary/aromatic N) is 3. The van der Waals surface area contributed by atoms with Crippen molar-refractivity contribution < 1.29 is 22.4 Å². The number of anilines is 1. The molecule has 11 heteroatoms. The van der Waals surface area contributed by atoms with Gasteiger partial charge in [0.25, 0.3) is 5.56 Å². The van der Waals surface area contributed by atoms with E-state index >= 15 is 0 Å². The summed E-state index contributed by atoms with van der Waals surface area (Å²) in [5.74, 6) is -0.317. The number of aromatic nitrogens is 2. The van der Waals surface area contributed by atoms with Crippen molar-refractivity contribution in [1.82, 2.24) is 14.5 Å². The Kier molecular flexibility index (Phi) is 6.73. The van der Waals surface area contributed by atoms with E-state index < -0.39 is 40.2 Å². The molecule has 0 aliphatic rings. The van der Waals surface area contributed by atoms with Crippen LogP contribution in [0.3, 0.4) is 0 Å². The van der Waals surface area contributed by atoms with Crippen molar-refractivity contribution in [2.45, 2.75) is 19.1 Å². The lowest BCUT2D eigenvalue weighted by molar-refractivity contribution is -0.137. The second-order valence-electron chi connectivity index (χ2n) is 8.01. The van der Waals surface area contributed by atoms with Crippen LogP contribution in [0.5, 0.6) is 0 Å². The van der Waals surface area contributed by atoms with Crippen LogP contribution in [-0.2, 0) is 6.18 Å². The summed E-state index contributed by atoms with van der Waals surface area (Å²) in [6.45, 7) is 1.61.